The van der Waals surface area contributed by atoms with Gasteiger partial charge in [-0.1, -0.05) is 60.1 Å². The van der Waals surface area contributed by atoms with Crippen LogP contribution >= 0.6 is 11.6 Å². The monoisotopic (exact) mass is 472 g/mol. The van der Waals surface area contributed by atoms with Gasteiger partial charge in [-0.05, 0) is 42.8 Å². The third kappa shape index (κ3) is 5.68. The first-order chi connectivity index (χ1) is 15.3. The molecule has 1 atom stereocenters. The first kappa shape index (κ1) is 23.8. The normalized spacial score (nSPS) is 12.2. The van der Waals surface area contributed by atoms with Crippen molar-refractivity contribution in [2.24, 2.45) is 0 Å². The molecule has 0 saturated carbocycles. The Labute approximate surface area is 193 Å². The predicted octanol–water partition coefficient (Wildman–Crippen LogP) is 4.50. The topological polar surface area (TPSA) is 75.7 Å². The fourth-order valence-electron chi connectivity index (χ4n) is 3.22. The molecule has 1 N–H and O–H groups in total. The molecule has 3 aromatic carbocycles. The summed E-state index contributed by atoms with van der Waals surface area (Å²) in [5, 5.41) is 2.82. The summed E-state index contributed by atoms with van der Waals surface area (Å²) in [6, 6.07) is 22.1. The number of carbonyl (C=O) groups excluding carboxylic acids is 1. The summed E-state index contributed by atoms with van der Waals surface area (Å²) in [7, 11) is -2.54. The highest BCUT2D eigenvalue weighted by Crippen LogP contribution is 2.30. The number of anilines is 1. The number of hydrogen-bond donors (Lipinski definition) is 1. The van der Waals surface area contributed by atoms with Crippen LogP contribution < -0.4 is 9.62 Å². The van der Waals surface area contributed by atoms with Crippen molar-refractivity contribution >= 4 is 33.2 Å². The fourth-order valence-corrected chi connectivity index (χ4v) is 5.17. The van der Waals surface area contributed by atoms with Gasteiger partial charge in [0.15, 0.2) is 0 Å². The Morgan fingerprint density at radius 3 is 2.28 bits per heavy atom. The van der Waals surface area contributed by atoms with Gasteiger partial charge in [-0.15, -0.1) is 0 Å². The van der Waals surface area contributed by atoms with Crippen molar-refractivity contribution in [1.82, 2.24) is 5.32 Å². The molecule has 32 heavy (non-hydrogen) atoms. The molecule has 0 radical (unpaired) electrons. The van der Waals surface area contributed by atoms with Crippen LogP contribution in [0.25, 0.3) is 0 Å². The van der Waals surface area contributed by atoms with Crippen LogP contribution in [-0.4, -0.2) is 34.1 Å². The van der Waals surface area contributed by atoms with Crippen LogP contribution in [0, 0.1) is 0 Å². The molecule has 0 aromatic heterocycles. The van der Waals surface area contributed by atoms with Gasteiger partial charge in [-0.2, -0.15) is 0 Å². The third-order valence-corrected chi connectivity index (χ3v) is 7.02. The molecule has 6 nitrogen and oxygen atoms in total. The number of rotatable bonds is 9. The number of methoxy groups -OCH3 is 1. The number of hydrogen-bond acceptors (Lipinski definition) is 4. The van der Waals surface area contributed by atoms with Crippen LogP contribution in [0.4, 0.5) is 5.69 Å². The number of para-hydroxylation sites is 1. The minimum absolute atomic E-state index is 0.0421. The standard InChI is InChI=1S/C24H25ClN2O4S/c1-18(17-31-2)26-24(28)20-13-14-22(25)23(15-20)32(29,30)27(21-11-7-4-8-12-21)16-19-9-5-3-6-10-19/h3-15,18H,16-17H2,1-2H3,(H,26,28). The highest BCUT2D eigenvalue weighted by Gasteiger charge is 2.28. The molecule has 168 valence electrons. The summed E-state index contributed by atoms with van der Waals surface area (Å²) in [6.07, 6.45) is 0. The number of benzene rings is 3. The van der Waals surface area contributed by atoms with Crippen LogP contribution in [0.3, 0.4) is 0 Å². The number of amides is 1. The number of ether oxygens (including phenoxy) is 1. The highest BCUT2D eigenvalue weighted by molar-refractivity contribution is 7.93. The molecular weight excluding hydrogens is 448 g/mol. The largest absolute Gasteiger partial charge is 0.383 e. The van der Waals surface area contributed by atoms with E-state index in [-0.39, 0.29) is 28.1 Å². The Balaban J connectivity index is 2.01. The van der Waals surface area contributed by atoms with E-state index >= 15 is 0 Å². The average molecular weight is 473 g/mol. The van der Waals surface area contributed by atoms with E-state index in [2.05, 4.69) is 5.32 Å². The summed E-state index contributed by atoms with van der Waals surface area (Å²) < 4.78 is 33.8. The second-order valence-corrected chi connectivity index (χ2v) is 9.55. The molecule has 1 amide bonds. The van der Waals surface area contributed by atoms with Gasteiger partial charge >= 0.3 is 0 Å². The minimum atomic E-state index is -4.08. The quantitative estimate of drug-likeness (QED) is 0.497. The zero-order valence-electron chi connectivity index (χ0n) is 17.9. The van der Waals surface area contributed by atoms with Crippen molar-refractivity contribution in [1.29, 1.82) is 0 Å². The lowest BCUT2D eigenvalue weighted by atomic mass is 10.2. The first-order valence-electron chi connectivity index (χ1n) is 10.0. The molecule has 3 aromatic rings. The molecule has 0 aliphatic heterocycles. The van der Waals surface area contributed by atoms with Gasteiger partial charge in [-0.3, -0.25) is 9.10 Å². The van der Waals surface area contributed by atoms with E-state index in [0.717, 1.165) is 5.56 Å². The highest BCUT2D eigenvalue weighted by atomic mass is 35.5. The summed E-state index contributed by atoms with van der Waals surface area (Å²) in [5.41, 5.74) is 1.51. The lowest BCUT2D eigenvalue weighted by molar-refractivity contribution is 0.0905. The zero-order valence-corrected chi connectivity index (χ0v) is 19.4. The molecule has 0 saturated heterocycles. The molecular formula is C24H25ClN2O4S. The Hall–Kier alpha value is -2.87. The second-order valence-electron chi connectivity index (χ2n) is 7.31. The Morgan fingerprint density at radius 2 is 1.66 bits per heavy atom. The van der Waals surface area contributed by atoms with Crippen LogP contribution in [0.1, 0.15) is 22.8 Å². The average Bonchev–Trinajstić information content (AvgIpc) is 2.79. The Bertz CT molecular complexity index is 1160. The van der Waals surface area contributed by atoms with E-state index in [0.29, 0.717) is 12.3 Å². The van der Waals surface area contributed by atoms with Crippen molar-refractivity contribution in [3.8, 4) is 0 Å². The minimum Gasteiger partial charge on any atom is -0.383 e. The van der Waals surface area contributed by atoms with Crippen LogP contribution in [0.15, 0.2) is 83.8 Å². The summed E-state index contributed by atoms with van der Waals surface area (Å²) in [6.45, 7) is 2.25. The van der Waals surface area contributed by atoms with Crippen molar-refractivity contribution in [3.63, 3.8) is 0 Å². The van der Waals surface area contributed by atoms with Gasteiger partial charge in [0.25, 0.3) is 15.9 Å². The van der Waals surface area contributed by atoms with Crippen molar-refractivity contribution in [3.05, 3.63) is 95.0 Å². The fraction of sp³-hybridized carbons (Fsp3) is 0.208. The van der Waals surface area contributed by atoms with Crippen LogP contribution in [0.5, 0.6) is 0 Å². The van der Waals surface area contributed by atoms with E-state index in [9.17, 15) is 13.2 Å². The van der Waals surface area contributed by atoms with E-state index in [4.69, 9.17) is 16.3 Å². The maximum Gasteiger partial charge on any atom is 0.266 e. The number of carbonyl (C=O) groups is 1. The third-order valence-electron chi connectivity index (χ3n) is 4.77. The van der Waals surface area contributed by atoms with Crippen LogP contribution in [-0.2, 0) is 21.3 Å². The van der Waals surface area contributed by atoms with Gasteiger partial charge < -0.3 is 10.1 Å². The number of nitrogens with zero attached hydrogens (tertiary/aromatic N) is 1. The van der Waals surface area contributed by atoms with Crippen molar-refractivity contribution < 1.29 is 17.9 Å². The Morgan fingerprint density at radius 1 is 1.03 bits per heavy atom. The molecule has 0 aliphatic rings. The van der Waals surface area contributed by atoms with E-state index in [1.165, 1.54) is 22.5 Å². The Kier molecular flexibility index (Phi) is 7.90. The van der Waals surface area contributed by atoms with E-state index in [1.807, 2.05) is 36.4 Å². The number of nitrogens with one attached hydrogen (secondary N) is 1. The summed E-state index contributed by atoms with van der Waals surface area (Å²) >= 11 is 6.32. The van der Waals surface area contributed by atoms with Gasteiger partial charge in [0.2, 0.25) is 0 Å². The number of halogens is 1. The molecule has 8 heteroatoms. The summed E-state index contributed by atoms with van der Waals surface area (Å²) in [5.74, 6) is -0.406. The van der Waals surface area contributed by atoms with Crippen molar-refractivity contribution in [2.75, 3.05) is 18.0 Å². The molecule has 0 fully saturated rings. The smallest absolute Gasteiger partial charge is 0.266 e. The van der Waals surface area contributed by atoms with E-state index in [1.54, 1.807) is 38.3 Å². The predicted molar refractivity (Wildman–Crippen MR) is 127 cm³/mol. The maximum atomic E-state index is 13.7. The maximum absolute atomic E-state index is 13.7. The molecule has 1 unspecified atom stereocenters. The lowest BCUT2D eigenvalue weighted by Gasteiger charge is -2.25. The SMILES string of the molecule is COCC(C)NC(=O)c1ccc(Cl)c(S(=O)(=O)N(Cc2ccccc2)c2ccccc2)c1. The van der Waals surface area contributed by atoms with Gasteiger partial charge in [0.1, 0.15) is 4.90 Å². The van der Waals surface area contributed by atoms with Gasteiger partial charge in [-0.25, -0.2) is 8.42 Å². The van der Waals surface area contributed by atoms with Gasteiger partial charge in [0, 0.05) is 18.7 Å². The summed E-state index contributed by atoms with van der Waals surface area (Å²) in [4.78, 5) is 12.5. The zero-order chi connectivity index (χ0) is 23.1. The lowest BCUT2D eigenvalue weighted by Crippen LogP contribution is -2.36. The van der Waals surface area contributed by atoms with Gasteiger partial charge in [0.05, 0.1) is 23.9 Å². The van der Waals surface area contributed by atoms with E-state index < -0.39 is 15.9 Å². The molecule has 0 heterocycles. The molecule has 0 aliphatic carbocycles. The van der Waals surface area contributed by atoms with Crippen molar-refractivity contribution in [2.45, 2.75) is 24.4 Å². The molecule has 0 bridgehead atoms. The number of sulfonamides is 1. The second kappa shape index (κ2) is 10.6. The van der Waals surface area contributed by atoms with Crippen LogP contribution in [0.2, 0.25) is 5.02 Å². The molecule has 3 rings (SSSR count). The molecule has 0 spiro atoms. The first-order valence-corrected chi connectivity index (χ1v) is 11.9.